The number of carbonyl (C=O) groups is 1. The number of rotatable bonds is 5. The Hall–Kier alpha value is -1.39. The van der Waals surface area contributed by atoms with Crippen molar-refractivity contribution in [3.63, 3.8) is 0 Å². The lowest BCUT2D eigenvalue weighted by Gasteiger charge is -2.20. The molecule has 3 atom stereocenters. The van der Waals surface area contributed by atoms with Crippen LogP contribution in [-0.4, -0.2) is 43.6 Å². The Labute approximate surface area is 126 Å². The van der Waals surface area contributed by atoms with Crippen LogP contribution in [0.5, 0.6) is 0 Å². The standard InChI is InChI=1S/C17H24N2O2/c1-13(9-19-10-15-7-18-8-16(15)11-19)17(20)21-12-14-5-3-2-4-6-14/h2-6,13,15-16,18H,7-12H2,1H3/t13?,15-,16+. The van der Waals surface area contributed by atoms with Gasteiger partial charge in [0.15, 0.2) is 0 Å². The molecule has 2 aliphatic rings. The van der Waals surface area contributed by atoms with Gasteiger partial charge in [0.2, 0.25) is 0 Å². The van der Waals surface area contributed by atoms with Gasteiger partial charge in [-0.15, -0.1) is 0 Å². The van der Waals surface area contributed by atoms with Crippen molar-refractivity contribution < 1.29 is 9.53 Å². The quantitative estimate of drug-likeness (QED) is 0.834. The summed E-state index contributed by atoms with van der Waals surface area (Å²) < 4.78 is 5.42. The van der Waals surface area contributed by atoms with E-state index in [1.165, 1.54) is 0 Å². The molecule has 0 amide bonds. The number of carbonyl (C=O) groups excluding carboxylic acids is 1. The third-order valence-electron chi connectivity index (χ3n) is 4.62. The third kappa shape index (κ3) is 3.63. The number of likely N-dealkylation sites (tertiary alicyclic amines) is 1. The fourth-order valence-corrected chi connectivity index (χ4v) is 3.43. The summed E-state index contributed by atoms with van der Waals surface area (Å²) in [5, 5.41) is 3.44. The first-order valence-corrected chi connectivity index (χ1v) is 7.86. The van der Waals surface area contributed by atoms with E-state index in [0.717, 1.165) is 50.1 Å². The van der Waals surface area contributed by atoms with Crippen LogP contribution in [0.3, 0.4) is 0 Å². The number of hydrogen-bond acceptors (Lipinski definition) is 4. The highest BCUT2D eigenvalue weighted by molar-refractivity contribution is 5.72. The molecule has 1 aromatic carbocycles. The maximum atomic E-state index is 12.1. The summed E-state index contributed by atoms with van der Waals surface area (Å²) in [6, 6.07) is 9.85. The van der Waals surface area contributed by atoms with Gasteiger partial charge >= 0.3 is 5.97 Å². The van der Waals surface area contributed by atoms with Crippen LogP contribution in [0.2, 0.25) is 0 Å². The Morgan fingerprint density at radius 3 is 2.62 bits per heavy atom. The fraction of sp³-hybridized carbons (Fsp3) is 0.588. The van der Waals surface area contributed by atoms with E-state index in [1.54, 1.807) is 0 Å². The first-order valence-electron chi connectivity index (χ1n) is 7.86. The molecule has 2 heterocycles. The molecule has 1 aromatic rings. The van der Waals surface area contributed by atoms with Gasteiger partial charge in [0.25, 0.3) is 0 Å². The first-order chi connectivity index (χ1) is 10.2. The molecule has 0 radical (unpaired) electrons. The van der Waals surface area contributed by atoms with Crippen LogP contribution in [-0.2, 0) is 16.1 Å². The highest BCUT2D eigenvalue weighted by atomic mass is 16.5. The molecule has 0 bridgehead atoms. The van der Waals surface area contributed by atoms with Crippen LogP contribution in [0.4, 0.5) is 0 Å². The van der Waals surface area contributed by atoms with Crippen molar-refractivity contribution in [2.45, 2.75) is 13.5 Å². The van der Waals surface area contributed by atoms with E-state index in [0.29, 0.717) is 6.61 Å². The van der Waals surface area contributed by atoms with Crippen LogP contribution >= 0.6 is 0 Å². The average molecular weight is 288 g/mol. The van der Waals surface area contributed by atoms with E-state index < -0.39 is 0 Å². The molecule has 4 heteroatoms. The molecule has 1 unspecified atom stereocenters. The van der Waals surface area contributed by atoms with Crippen LogP contribution < -0.4 is 5.32 Å². The molecule has 0 aliphatic carbocycles. The van der Waals surface area contributed by atoms with Crippen molar-refractivity contribution in [3.05, 3.63) is 35.9 Å². The monoisotopic (exact) mass is 288 g/mol. The van der Waals surface area contributed by atoms with E-state index >= 15 is 0 Å². The van der Waals surface area contributed by atoms with E-state index in [4.69, 9.17) is 4.74 Å². The van der Waals surface area contributed by atoms with Crippen LogP contribution in [0.1, 0.15) is 12.5 Å². The topological polar surface area (TPSA) is 41.6 Å². The molecule has 3 rings (SSSR count). The van der Waals surface area contributed by atoms with Gasteiger partial charge in [0.1, 0.15) is 6.61 Å². The maximum Gasteiger partial charge on any atom is 0.310 e. The van der Waals surface area contributed by atoms with Crippen molar-refractivity contribution in [3.8, 4) is 0 Å². The predicted molar refractivity (Wildman–Crippen MR) is 81.7 cm³/mol. The molecule has 0 spiro atoms. The SMILES string of the molecule is CC(CN1C[C@H]2CNC[C@H]2C1)C(=O)OCc1ccccc1. The molecule has 1 N–H and O–H groups in total. The summed E-state index contributed by atoms with van der Waals surface area (Å²) in [4.78, 5) is 14.5. The van der Waals surface area contributed by atoms with E-state index in [9.17, 15) is 4.79 Å². The summed E-state index contributed by atoms with van der Waals surface area (Å²) in [5.41, 5.74) is 1.04. The second-order valence-electron chi connectivity index (χ2n) is 6.39. The van der Waals surface area contributed by atoms with E-state index in [-0.39, 0.29) is 11.9 Å². The molecule has 2 fully saturated rings. The summed E-state index contributed by atoms with van der Waals surface area (Å²) in [6.07, 6.45) is 0. The Kier molecular flexibility index (Phi) is 4.56. The van der Waals surface area contributed by atoms with Crippen molar-refractivity contribution >= 4 is 5.97 Å². The Balaban J connectivity index is 1.42. The molecule has 2 saturated heterocycles. The van der Waals surface area contributed by atoms with Crippen molar-refractivity contribution in [1.29, 1.82) is 0 Å². The van der Waals surface area contributed by atoms with Gasteiger partial charge < -0.3 is 15.0 Å². The lowest BCUT2D eigenvalue weighted by molar-refractivity contribution is -0.149. The lowest BCUT2D eigenvalue weighted by atomic mass is 10.0. The summed E-state index contributed by atoms with van der Waals surface area (Å²) in [7, 11) is 0. The maximum absolute atomic E-state index is 12.1. The van der Waals surface area contributed by atoms with Crippen LogP contribution in [0.15, 0.2) is 30.3 Å². The second kappa shape index (κ2) is 6.58. The minimum atomic E-state index is -0.0889. The van der Waals surface area contributed by atoms with Gasteiger partial charge in [-0.25, -0.2) is 0 Å². The molecular weight excluding hydrogens is 264 g/mol. The molecule has 21 heavy (non-hydrogen) atoms. The van der Waals surface area contributed by atoms with Gasteiger partial charge in [-0.2, -0.15) is 0 Å². The molecule has 0 saturated carbocycles. The largest absolute Gasteiger partial charge is 0.461 e. The lowest BCUT2D eigenvalue weighted by Crippen LogP contribution is -2.33. The van der Waals surface area contributed by atoms with Gasteiger partial charge in [-0.3, -0.25) is 4.79 Å². The summed E-state index contributed by atoms with van der Waals surface area (Å²) in [5.74, 6) is 1.41. The zero-order valence-electron chi connectivity index (χ0n) is 12.6. The van der Waals surface area contributed by atoms with Crippen molar-refractivity contribution in [1.82, 2.24) is 10.2 Å². The highest BCUT2D eigenvalue weighted by Gasteiger charge is 2.36. The fourth-order valence-electron chi connectivity index (χ4n) is 3.43. The number of fused-ring (bicyclic) bond motifs is 1. The van der Waals surface area contributed by atoms with Gasteiger partial charge in [0, 0.05) is 19.6 Å². The number of nitrogens with one attached hydrogen (secondary N) is 1. The highest BCUT2D eigenvalue weighted by Crippen LogP contribution is 2.26. The van der Waals surface area contributed by atoms with Gasteiger partial charge in [-0.05, 0) is 30.5 Å². The third-order valence-corrected chi connectivity index (χ3v) is 4.62. The summed E-state index contributed by atoms with van der Waals surface area (Å²) >= 11 is 0. The van der Waals surface area contributed by atoms with Gasteiger partial charge in [-0.1, -0.05) is 37.3 Å². The predicted octanol–water partition coefficient (Wildman–Crippen LogP) is 1.52. The smallest absolute Gasteiger partial charge is 0.310 e. The zero-order valence-corrected chi connectivity index (χ0v) is 12.6. The number of ether oxygens (including phenoxy) is 1. The molecule has 0 aromatic heterocycles. The number of hydrogen-bond donors (Lipinski definition) is 1. The Morgan fingerprint density at radius 2 is 1.95 bits per heavy atom. The van der Waals surface area contributed by atoms with Gasteiger partial charge in [0.05, 0.1) is 5.92 Å². The van der Waals surface area contributed by atoms with E-state index in [1.807, 2.05) is 37.3 Å². The molecule has 4 nitrogen and oxygen atoms in total. The average Bonchev–Trinajstić information content (AvgIpc) is 3.07. The normalized spacial score (nSPS) is 26.5. The Bertz CT molecular complexity index is 465. The second-order valence-corrected chi connectivity index (χ2v) is 6.39. The summed E-state index contributed by atoms with van der Waals surface area (Å²) in [6.45, 7) is 7.67. The molecular formula is C17H24N2O2. The van der Waals surface area contributed by atoms with Crippen molar-refractivity contribution in [2.24, 2.45) is 17.8 Å². The Morgan fingerprint density at radius 1 is 1.29 bits per heavy atom. The molecule has 114 valence electrons. The van der Waals surface area contributed by atoms with E-state index in [2.05, 4.69) is 10.2 Å². The van der Waals surface area contributed by atoms with Crippen LogP contribution in [0.25, 0.3) is 0 Å². The number of nitrogens with zero attached hydrogens (tertiary/aromatic N) is 1. The molecule has 2 aliphatic heterocycles. The number of esters is 1. The number of benzene rings is 1. The zero-order chi connectivity index (χ0) is 14.7. The minimum absolute atomic E-state index is 0.0551. The van der Waals surface area contributed by atoms with Crippen molar-refractivity contribution in [2.75, 3.05) is 32.7 Å². The van der Waals surface area contributed by atoms with Crippen LogP contribution in [0, 0.1) is 17.8 Å². The minimum Gasteiger partial charge on any atom is -0.461 e. The first kappa shape index (κ1) is 14.5.